The molecule has 1 saturated carbocycles. The predicted molar refractivity (Wildman–Crippen MR) is 75.9 cm³/mol. The maximum absolute atomic E-state index is 5.98. The summed E-state index contributed by atoms with van der Waals surface area (Å²) in [5.74, 6) is 1.71. The molecule has 0 aliphatic heterocycles. The normalized spacial score (nSPS) is 16.4. The summed E-state index contributed by atoms with van der Waals surface area (Å²) in [7, 11) is 0. The Labute approximate surface area is 114 Å². The topological polar surface area (TPSA) is 55.0 Å². The van der Waals surface area contributed by atoms with Gasteiger partial charge in [0.15, 0.2) is 0 Å². The minimum Gasteiger partial charge on any atom is -0.368 e. The Kier molecular flexibility index (Phi) is 4.27. The Morgan fingerprint density at radius 1 is 1.39 bits per heavy atom. The van der Waals surface area contributed by atoms with E-state index < -0.39 is 0 Å². The molecule has 0 saturated heterocycles. The first-order chi connectivity index (χ1) is 8.56. The molecule has 1 aliphatic carbocycles. The van der Waals surface area contributed by atoms with Crippen LogP contribution in [0.1, 0.15) is 39.5 Å². The smallest absolute Gasteiger partial charge is 0.223 e. The van der Waals surface area contributed by atoms with Gasteiger partial charge in [0.25, 0.3) is 0 Å². The highest BCUT2D eigenvalue weighted by atomic mass is 35.5. The quantitative estimate of drug-likeness (QED) is 0.853. The van der Waals surface area contributed by atoms with E-state index in [1.54, 1.807) is 0 Å². The average molecular weight is 269 g/mol. The highest BCUT2D eigenvalue weighted by Crippen LogP contribution is 2.29. The summed E-state index contributed by atoms with van der Waals surface area (Å²) in [5, 5.41) is 0.421. The fourth-order valence-electron chi connectivity index (χ4n) is 2.61. The molecule has 1 heterocycles. The zero-order valence-corrected chi connectivity index (χ0v) is 11.8. The van der Waals surface area contributed by atoms with Crippen molar-refractivity contribution in [1.29, 1.82) is 0 Å². The SMILES string of the molecule is CC(C)CN(c1cc(Cl)nc(N)n1)C1CCCC1. The molecule has 5 heteroatoms. The standard InChI is InChI=1S/C13H21ClN4/c1-9(2)8-18(10-5-3-4-6-10)12-7-11(14)16-13(15)17-12/h7,9-10H,3-6,8H2,1-2H3,(H2,15,16,17). The number of nitrogens with zero attached hydrogens (tertiary/aromatic N) is 3. The van der Waals surface area contributed by atoms with Crippen LogP contribution in [0.4, 0.5) is 11.8 Å². The van der Waals surface area contributed by atoms with E-state index in [0.717, 1.165) is 12.4 Å². The second-order valence-electron chi connectivity index (χ2n) is 5.39. The van der Waals surface area contributed by atoms with E-state index in [1.807, 2.05) is 6.07 Å². The van der Waals surface area contributed by atoms with Gasteiger partial charge >= 0.3 is 0 Å². The molecular weight excluding hydrogens is 248 g/mol. The van der Waals surface area contributed by atoms with Crippen molar-refractivity contribution in [3.8, 4) is 0 Å². The lowest BCUT2D eigenvalue weighted by Gasteiger charge is -2.31. The number of anilines is 2. The maximum Gasteiger partial charge on any atom is 0.223 e. The molecule has 2 rings (SSSR count). The lowest BCUT2D eigenvalue weighted by molar-refractivity contribution is 0.531. The van der Waals surface area contributed by atoms with Crippen molar-refractivity contribution in [2.75, 3.05) is 17.2 Å². The average Bonchev–Trinajstić information content (AvgIpc) is 2.77. The van der Waals surface area contributed by atoms with Gasteiger partial charge in [0, 0.05) is 18.7 Å². The van der Waals surface area contributed by atoms with Crippen LogP contribution in [0.2, 0.25) is 5.15 Å². The monoisotopic (exact) mass is 268 g/mol. The molecule has 0 amide bonds. The number of hydrogen-bond donors (Lipinski definition) is 1. The molecule has 0 atom stereocenters. The molecule has 18 heavy (non-hydrogen) atoms. The molecule has 1 aromatic rings. The van der Waals surface area contributed by atoms with Crippen LogP contribution in [0.15, 0.2) is 6.07 Å². The zero-order valence-electron chi connectivity index (χ0n) is 11.1. The highest BCUT2D eigenvalue weighted by molar-refractivity contribution is 6.29. The van der Waals surface area contributed by atoms with Crippen LogP contribution in [0.25, 0.3) is 0 Å². The molecule has 4 nitrogen and oxygen atoms in total. The molecule has 100 valence electrons. The molecule has 0 spiro atoms. The van der Waals surface area contributed by atoms with E-state index in [9.17, 15) is 0 Å². The summed E-state index contributed by atoms with van der Waals surface area (Å²) in [6.07, 6.45) is 5.06. The van der Waals surface area contributed by atoms with Gasteiger partial charge in [0.1, 0.15) is 11.0 Å². The molecule has 0 bridgehead atoms. The van der Waals surface area contributed by atoms with Crippen LogP contribution in [0.3, 0.4) is 0 Å². The van der Waals surface area contributed by atoms with Gasteiger partial charge in [-0.15, -0.1) is 0 Å². The lowest BCUT2D eigenvalue weighted by atomic mass is 10.1. The zero-order chi connectivity index (χ0) is 13.1. The van der Waals surface area contributed by atoms with Gasteiger partial charge in [-0.3, -0.25) is 0 Å². The number of nitrogen functional groups attached to an aromatic ring is 1. The van der Waals surface area contributed by atoms with Crippen molar-refractivity contribution in [2.45, 2.75) is 45.6 Å². The third-order valence-corrected chi connectivity index (χ3v) is 3.51. The minimum atomic E-state index is 0.254. The summed E-state index contributed by atoms with van der Waals surface area (Å²) in [6, 6.07) is 2.39. The van der Waals surface area contributed by atoms with Gasteiger partial charge in [-0.2, -0.15) is 4.98 Å². The van der Waals surface area contributed by atoms with Crippen LogP contribution in [0, 0.1) is 5.92 Å². The van der Waals surface area contributed by atoms with Gasteiger partial charge in [0.2, 0.25) is 5.95 Å². The van der Waals surface area contributed by atoms with Gasteiger partial charge in [0.05, 0.1) is 0 Å². The summed E-state index contributed by atoms with van der Waals surface area (Å²) < 4.78 is 0. The van der Waals surface area contributed by atoms with Crippen LogP contribution < -0.4 is 10.6 Å². The summed E-state index contributed by atoms with van der Waals surface area (Å²) in [5.41, 5.74) is 5.69. The minimum absolute atomic E-state index is 0.254. The van der Waals surface area contributed by atoms with E-state index in [4.69, 9.17) is 17.3 Å². The molecule has 1 fully saturated rings. The molecule has 0 aromatic carbocycles. The first-order valence-electron chi connectivity index (χ1n) is 6.63. The van der Waals surface area contributed by atoms with Crippen molar-refractivity contribution >= 4 is 23.4 Å². The van der Waals surface area contributed by atoms with Crippen molar-refractivity contribution < 1.29 is 0 Å². The number of nitrogens with two attached hydrogens (primary N) is 1. The van der Waals surface area contributed by atoms with E-state index in [2.05, 4.69) is 28.7 Å². The molecule has 2 N–H and O–H groups in total. The van der Waals surface area contributed by atoms with Gasteiger partial charge in [-0.25, -0.2) is 4.98 Å². The Hall–Kier alpha value is -1.03. The van der Waals surface area contributed by atoms with Gasteiger partial charge in [-0.05, 0) is 18.8 Å². The van der Waals surface area contributed by atoms with Crippen LogP contribution in [-0.4, -0.2) is 22.6 Å². The fraction of sp³-hybridized carbons (Fsp3) is 0.692. The third-order valence-electron chi connectivity index (χ3n) is 3.32. The van der Waals surface area contributed by atoms with Crippen molar-refractivity contribution in [1.82, 2.24) is 9.97 Å². The van der Waals surface area contributed by atoms with Crippen LogP contribution in [0.5, 0.6) is 0 Å². The van der Waals surface area contributed by atoms with E-state index in [0.29, 0.717) is 17.1 Å². The lowest BCUT2D eigenvalue weighted by Crippen LogP contribution is -2.37. The van der Waals surface area contributed by atoms with Crippen molar-refractivity contribution in [3.05, 3.63) is 11.2 Å². The van der Waals surface area contributed by atoms with E-state index >= 15 is 0 Å². The Balaban J connectivity index is 2.26. The number of halogens is 1. The third kappa shape index (κ3) is 3.25. The van der Waals surface area contributed by atoms with Crippen molar-refractivity contribution in [2.24, 2.45) is 5.92 Å². The Morgan fingerprint density at radius 2 is 2.06 bits per heavy atom. The summed E-state index contributed by atoms with van der Waals surface area (Å²) in [6.45, 7) is 5.42. The molecule has 1 aromatic heterocycles. The number of rotatable bonds is 4. The second kappa shape index (κ2) is 5.74. The summed E-state index contributed by atoms with van der Waals surface area (Å²) >= 11 is 5.98. The molecular formula is C13H21ClN4. The number of aromatic nitrogens is 2. The largest absolute Gasteiger partial charge is 0.368 e. The highest BCUT2D eigenvalue weighted by Gasteiger charge is 2.24. The predicted octanol–water partition coefficient (Wildman–Crippen LogP) is 3.12. The van der Waals surface area contributed by atoms with E-state index in [-0.39, 0.29) is 5.95 Å². The van der Waals surface area contributed by atoms with Crippen LogP contribution >= 0.6 is 11.6 Å². The second-order valence-corrected chi connectivity index (χ2v) is 5.78. The number of hydrogen-bond acceptors (Lipinski definition) is 4. The van der Waals surface area contributed by atoms with Gasteiger partial charge in [-0.1, -0.05) is 38.3 Å². The van der Waals surface area contributed by atoms with Gasteiger partial charge < -0.3 is 10.6 Å². The van der Waals surface area contributed by atoms with Crippen LogP contribution in [-0.2, 0) is 0 Å². The maximum atomic E-state index is 5.98. The molecule has 0 unspecified atom stereocenters. The van der Waals surface area contributed by atoms with E-state index in [1.165, 1.54) is 25.7 Å². The molecule has 1 aliphatic rings. The first kappa shape index (κ1) is 13.4. The fourth-order valence-corrected chi connectivity index (χ4v) is 2.79. The molecule has 0 radical (unpaired) electrons. The summed E-state index contributed by atoms with van der Waals surface area (Å²) in [4.78, 5) is 10.6. The first-order valence-corrected chi connectivity index (χ1v) is 7.00. The Morgan fingerprint density at radius 3 is 2.61 bits per heavy atom. The Bertz CT molecular complexity index is 382. The van der Waals surface area contributed by atoms with Crippen molar-refractivity contribution in [3.63, 3.8) is 0 Å².